The summed E-state index contributed by atoms with van der Waals surface area (Å²) in [5.74, 6) is -0.0990. The molecule has 1 atom stereocenters. The Morgan fingerprint density at radius 3 is 2.70 bits per heavy atom. The van der Waals surface area contributed by atoms with Gasteiger partial charge >= 0.3 is 0 Å². The molecule has 3 rings (SSSR count). The minimum absolute atomic E-state index is 0.0990. The second-order valence-electron chi connectivity index (χ2n) is 5.10. The fourth-order valence-corrected chi connectivity index (χ4v) is 3.29. The Kier molecular flexibility index (Phi) is 4.84. The summed E-state index contributed by atoms with van der Waals surface area (Å²) in [7, 11) is 0. The Morgan fingerprint density at radius 2 is 1.91 bits per heavy atom. The molecule has 0 spiro atoms. The maximum atomic E-state index is 12.3. The summed E-state index contributed by atoms with van der Waals surface area (Å²) < 4.78 is 0. The number of aromatic nitrogens is 1. The van der Waals surface area contributed by atoms with Crippen molar-refractivity contribution < 1.29 is 4.79 Å². The van der Waals surface area contributed by atoms with Crippen molar-refractivity contribution in [3.8, 4) is 0 Å². The predicted molar refractivity (Wildman–Crippen MR) is 97.1 cm³/mol. The summed E-state index contributed by atoms with van der Waals surface area (Å²) in [4.78, 5) is 17.3. The molecular weight excluding hydrogens is 328 g/mol. The Hall–Kier alpha value is -2.04. The third-order valence-electron chi connectivity index (χ3n) is 3.42. The molecule has 0 saturated heterocycles. The molecule has 0 aliphatic heterocycles. The Bertz CT molecular complexity index is 853. The van der Waals surface area contributed by atoms with E-state index in [1.807, 2.05) is 25.1 Å². The molecule has 0 saturated carbocycles. The largest absolute Gasteiger partial charge is 0.322 e. The zero-order chi connectivity index (χ0) is 16.2. The topological polar surface area (TPSA) is 42.0 Å². The first-order valence-electron chi connectivity index (χ1n) is 7.20. The van der Waals surface area contributed by atoms with E-state index in [9.17, 15) is 4.79 Å². The molecule has 3 aromatic rings. The molecule has 0 aliphatic carbocycles. The van der Waals surface area contributed by atoms with Crippen LogP contribution >= 0.6 is 23.4 Å². The first-order chi connectivity index (χ1) is 11.1. The van der Waals surface area contributed by atoms with Crippen molar-refractivity contribution in [2.75, 3.05) is 5.32 Å². The summed E-state index contributed by atoms with van der Waals surface area (Å²) in [6, 6.07) is 17.8. The number of hydrogen-bond acceptors (Lipinski definition) is 3. The lowest BCUT2D eigenvalue weighted by molar-refractivity contribution is -0.115. The van der Waals surface area contributed by atoms with Gasteiger partial charge in [-0.1, -0.05) is 41.9 Å². The van der Waals surface area contributed by atoms with E-state index in [1.54, 1.807) is 18.3 Å². The number of thioether (sulfide) groups is 1. The maximum absolute atomic E-state index is 12.3. The molecule has 0 bridgehead atoms. The molecule has 1 heterocycles. The first kappa shape index (κ1) is 15.8. The number of anilines is 1. The van der Waals surface area contributed by atoms with Gasteiger partial charge in [-0.15, -0.1) is 11.8 Å². The van der Waals surface area contributed by atoms with Crippen LogP contribution in [0.2, 0.25) is 5.15 Å². The normalized spacial score (nSPS) is 12.1. The van der Waals surface area contributed by atoms with Crippen LogP contribution in [0.1, 0.15) is 6.92 Å². The molecule has 0 fully saturated rings. The van der Waals surface area contributed by atoms with Crippen molar-refractivity contribution in [1.29, 1.82) is 0 Å². The van der Waals surface area contributed by atoms with E-state index in [0.29, 0.717) is 10.8 Å². The number of benzene rings is 2. The first-order valence-corrected chi connectivity index (χ1v) is 8.46. The summed E-state index contributed by atoms with van der Waals surface area (Å²) >= 11 is 7.48. The standard InChI is InChI=1S/C18H15ClN2OS/c1-12(18(22)21-16-7-4-10-20-17(16)19)23-15-9-8-13-5-2-3-6-14(13)11-15/h2-12H,1H3,(H,21,22)/t12-/m0/s1. The van der Waals surface area contributed by atoms with Crippen LogP contribution in [0.5, 0.6) is 0 Å². The lowest BCUT2D eigenvalue weighted by Crippen LogP contribution is -2.22. The van der Waals surface area contributed by atoms with Gasteiger partial charge < -0.3 is 5.32 Å². The molecule has 116 valence electrons. The molecule has 5 heteroatoms. The zero-order valence-electron chi connectivity index (χ0n) is 12.5. The van der Waals surface area contributed by atoms with Crippen molar-refractivity contribution >= 4 is 45.7 Å². The number of carbonyl (C=O) groups excluding carboxylic acids is 1. The van der Waals surface area contributed by atoms with Crippen LogP contribution < -0.4 is 5.32 Å². The van der Waals surface area contributed by atoms with Crippen molar-refractivity contribution in [1.82, 2.24) is 4.98 Å². The van der Waals surface area contributed by atoms with Gasteiger partial charge in [-0.25, -0.2) is 4.98 Å². The average Bonchev–Trinajstić information content (AvgIpc) is 2.56. The number of nitrogens with one attached hydrogen (secondary N) is 1. The summed E-state index contributed by atoms with van der Waals surface area (Å²) in [6.07, 6.45) is 1.59. The number of pyridine rings is 1. The van der Waals surface area contributed by atoms with Gasteiger partial charge in [-0.3, -0.25) is 4.79 Å². The average molecular weight is 343 g/mol. The van der Waals surface area contributed by atoms with Gasteiger partial charge in [-0.05, 0) is 42.0 Å². The van der Waals surface area contributed by atoms with Gasteiger partial charge in [0.25, 0.3) is 0 Å². The van der Waals surface area contributed by atoms with Gasteiger partial charge in [0.2, 0.25) is 5.91 Å². The van der Waals surface area contributed by atoms with Gasteiger partial charge in [0, 0.05) is 11.1 Å². The highest BCUT2D eigenvalue weighted by Crippen LogP contribution is 2.28. The molecule has 0 unspecified atom stereocenters. The van der Waals surface area contributed by atoms with E-state index in [0.717, 1.165) is 4.90 Å². The second kappa shape index (κ2) is 7.02. The Labute approximate surface area is 144 Å². The molecular formula is C18H15ClN2OS. The highest BCUT2D eigenvalue weighted by molar-refractivity contribution is 8.00. The molecule has 23 heavy (non-hydrogen) atoms. The highest BCUT2D eigenvalue weighted by atomic mass is 35.5. The highest BCUT2D eigenvalue weighted by Gasteiger charge is 2.16. The number of halogens is 1. The van der Waals surface area contributed by atoms with Crippen LogP contribution in [0, 0.1) is 0 Å². The molecule has 0 aliphatic rings. The smallest absolute Gasteiger partial charge is 0.237 e. The number of nitrogens with zero attached hydrogens (tertiary/aromatic N) is 1. The van der Waals surface area contributed by atoms with Crippen LogP contribution in [-0.2, 0) is 4.79 Å². The molecule has 3 nitrogen and oxygen atoms in total. The van der Waals surface area contributed by atoms with E-state index in [1.165, 1.54) is 22.5 Å². The summed E-state index contributed by atoms with van der Waals surface area (Å²) in [5, 5.41) is 5.22. The van der Waals surface area contributed by atoms with Crippen LogP contribution in [-0.4, -0.2) is 16.1 Å². The van der Waals surface area contributed by atoms with Gasteiger partial charge in [0.05, 0.1) is 10.9 Å². The Balaban J connectivity index is 1.71. The third kappa shape index (κ3) is 3.84. The van der Waals surface area contributed by atoms with E-state index in [-0.39, 0.29) is 11.2 Å². The maximum Gasteiger partial charge on any atom is 0.237 e. The number of hydrogen-bond donors (Lipinski definition) is 1. The monoisotopic (exact) mass is 342 g/mol. The zero-order valence-corrected chi connectivity index (χ0v) is 14.1. The summed E-state index contributed by atoms with van der Waals surface area (Å²) in [5.41, 5.74) is 0.533. The van der Waals surface area contributed by atoms with Crippen molar-refractivity contribution in [2.24, 2.45) is 0 Å². The fourth-order valence-electron chi connectivity index (χ4n) is 2.21. The molecule has 1 amide bonds. The molecule has 1 N–H and O–H groups in total. The van der Waals surface area contributed by atoms with Crippen LogP contribution in [0.4, 0.5) is 5.69 Å². The molecule has 0 radical (unpaired) electrons. The van der Waals surface area contributed by atoms with Crippen molar-refractivity contribution in [3.05, 3.63) is 65.9 Å². The SMILES string of the molecule is C[C@H](Sc1ccc2ccccc2c1)C(=O)Nc1cccnc1Cl. The Morgan fingerprint density at radius 1 is 1.13 bits per heavy atom. The van der Waals surface area contributed by atoms with Gasteiger partial charge in [-0.2, -0.15) is 0 Å². The minimum atomic E-state index is -0.243. The number of amides is 1. The second-order valence-corrected chi connectivity index (χ2v) is 6.87. The molecule has 2 aromatic carbocycles. The van der Waals surface area contributed by atoms with Crippen molar-refractivity contribution in [2.45, 2.75) is 17.1 Å². The number of rotatable bonds is 4. The molecule has 1 aromatic heterocycles. The van der Waals surface area contributed by atoms with Gasteiger partial charge in [0.15, 0.2) is 5.15 Å². The van der Waals surface area contributed by atoms with E-state index >= 15 is 0 Å². The predicted octanol–water partition coefficient (Wildman–Crippen LogP) is 5.01. The van der Waals surface area contributed by atoms with Crippen LogP contribution in [0.25, 0.3) is 10.8 Å². The van der Waals surface area contributed by atoms with Gasteiger partial charge in [0.1, 0.15) is 0 Å². The lowest BCUT2D eigenvalue weighted by Gasteiger charge is -2.13. The minimum Gasteiger partial charge on any atom is -0.322 e. The summed E-state index contributed by atoms with van der Waals surface area (Å²) in [6.45, 7) is 1.87. The van der Waals surface area contributed by atoms with E-state index < -0.39 is 0 Å². The van der Waals surface area contributed by atoms with Crippen LogP contribution in [0.15, 0.2) is 65.7 Å². The lowest BCUT2D eigenvalue weighted by atomic mass is 10.1. The van der Waals surface area contributed by atoms with Crippen molar-refractivity contribution in [3.63, 3.8) is 0 Å². The number of fused-ring (bicyclic) bond motifs is 1. The van der Waals surface area contributed by atoms with E-state index in [4.69, 9.17) is 11.6 Å². The van der Waals surface area contributed by atoms with Crippen LogP contribution in [0.3, 0.4) is 0 Å². The third-order valence-corrected chi connectivity index (χ3v) is 4.81. The number of carbonyl (C=O) groups is 1. The van der Waals surface area contributed by atoms with E-state index in [2.05, 4.69) is 34.6 Å². The fraction of sp³-hybridized carbons (Fsp3) is 0.111. The quantitative estimate of drug-likeness (QED) is 0.535.